The predicted molar refractivity (Wildman–Crippen MR) is 310 cm³/mol. The smallest absolute Gasteiger partial charge is 0.308 e. The fourth-order valence-corrected chi connectivity index (χ4v) is 11.3. The van der Waals surface area contributed by atoms with E-state index in [2.05, 4.69) is 182 Å². The molecule has 372 valence electrons. The highest BCUT2D eigenvalue weighted by Gasteiger charge is 2.18. The second-order valence-corrected chi connectivity index (χ2v) is 34.1. The number of ether oxygens (including phenoxy) is 1. The molecule has 0 saturated heterocycles. The van der Waals surface area contributed by atoms with E-state index in [1.165, 1.54) is 24.5 Å². The third-order valence-corrected chi connectivity index (χ3v) is 18.7. The Morgan fingerprint density at radius 2 is 0.846 bits per heavy atom. The van der Waals surface area contributed by atoms with Crippen molar-refractivity contribution in [1.29, 1.82) is 0 Å². The van der Waals surface area contributed by atoms with Gasteiger partial charge in [-0.15, -0.1) is 0 Å². The molecule has 0 aliphatic heterocycles. The fraction of sp³-hybridized carbons (Fsp3) is 0.655. The Morgan fingerprint density at radius 1 is 0.477 bits per heavy atom. The number of carbonyl (C=O) groups excluding carboxylic acids is 1. The fourth-order valence-electron chi connectivity index (χ4n) is 4.95. The van der Waals surface area contributed by atoms with Crippen LogP contribution in [0.3, 0.4) is 0 Å². The zero-order chi connectivity index (χ0) is 50.9. The molecule has 0 spiro atoms. The van der Waals surface area contributed by atoms with E-state index in [4.69, 9.17) is 4.74 Å². The van der Waals surface area contributed by atoms with Gasteiger partial charge < -0.3 is 4.74 Å². The van der Waals surface area contributed by atoms with E-state index in [1.807, 2.05) is 131 Å². The first-order valence-electron chi connectivity index (χ1n) is 23.2. The van der Waals surface area contributed by atoms with Crippen molar-refractivity contribution in [3.8, 4) is 5.75 Å². The molecule has 3 aromatic rings. The van der Waals surface area contributed by atoms with E-state index in [1.54, 1.807) is 0 Å². The van der Waals surface area contributed by atoms with Crippen LogP contribution >= 0.6 is 64.8 Å². The molecule has 1 unspecified atom stereocenters. The van der Waals surface area contributed by atoms with Crippen LogP contribution in [0.25, 0.3) is 0 Å². The zero-order valence-corrected chi connectivity index (χ0v) is 50.4. The van der Waals surface area contributed by atoms with Gasteiger partial charge in [0.05, 0.1) is 11.4 Å². The second kappa shape index (κ2) is 31.9. The van der Waals surface area contributed by atoms with Crippen LogP contribution in [0.1, 0.15) is 184 Å². The maximum atomic E-state index is 10.7. The van der Waals surface area contributed by atoms with Gasteiger partial charge in [-0.2, -0.15) is 10.2 Å². The molecule has 0 saturated carbocycles. The lowest BCUT2D eigenvalue weighted by Gasteiger charge is -2.23. The van der Waals surface area contributed by atoms with E-state index in [0.29, 0.717) is 30.8 Å². The first-order valence-corrected chi connectivity index (χ1v) is 29.8. The number of nitrogens with zero attached hydrogens (tertiary/aromatic N) is 2. The van der Waals surface area contributed by atoms with Crippen molar-refractivity contribution in [3.05, 3.63) is 90.0 Å². The van der Waals surface area contributed by atoms with Crippen LogP contribution in [0.5, 0.6) is 5.75 Å². The molecule has 10 heteroatoms. The van der Waals surface area contributed by atoms with Gasteiger partial charge in [0.1, 0.15) is 5.75 Å². The third kappa shape index (κ3) is 49.1. The van der Waals surface area contributed by atoms with Gasteiger partial charge in [-0.25, -0.2) is 0 Å². The van der Waals surface area contributed by atoms with E-state index in [9.17, 15) is 4.79 Å². The molecule has 0 aromatic heterocycles. The Labute approximate surface area is 426 Å². The molecule has 0 amide bonds. The minimum Gasteiger partial charge on any atom is -0.427 e. The van der Waals surface area contributed by atoms with E-state index in [-0.39, 0.29) is 11.4 Å². The Bertz CT molecular complexity index is 1670. The molecule has 0 radical (unpaired) electrons. The Kier molecular flexibility index (Phi) is 32.3. The molecular formula is C55H94N2O2S6. The highest BCUT2D eigenvalue weighted by molar-refractivity contribution is 8.78. The highest BCUT2D eigenvalue weighted by Crippen LogP contribution is 2.43. The van der Waals surface area contributed by atoms with Crippen LogP contribution in [-0.4, -0.2) is 36.0 Å². The number of hydrogen-bond donors (Lipinski definition) is 0. The predicted octanol–water partition coefficient (Wildman–Crippen LogP) is 21.0. The summed E-state index contributed by atoms with van der Waals surface area (Å²) in [6.07, 6.45) is 3.40. The molecule has 0 aliphatic rings. The number of hydrogen-bond acceptors (Lipinski definition) is 10. The summed E-state index contributed by atoms with van der Waals surface area (Å²) < 4.78 is 6.15. The SMILES string of the molecule is CC(=O)Oc1ccc(CC(C)(C)C)cc1.CC(C)(C)Cc1ccc(N=Nc2ccccc2)cc1.CC(C)(C)SSC(C)(C)C.CC(C)SSC(C)(C)C.CC(C)SSC(C)CC(C)(C)C. The van der Waals surface area contributed by atoms with Crippen molar-refractivity contribution in [1.82, 2.24) is 0 Å². The molecule has 0 aliphatic carbocycles. The minimum absolute atomic E-state index is 0.279. The van der Waals surface area contributed by atoms with Gasteiger partial charge in [0.25, 0.3) is 0 Å². The first kappa shape index (κ1) is 65.9. The summed E-state index contributed by atoms with van der Waals surface area (Å²) in [5.41, 5.74) is 5.44. The first-order chi connectivity index (χ1) is 29.3. The number of carbonyl (C=O) groups is 1. The summed E-state index contributed by atoms with van der Waals surface area (Å²) in [6, 6.07) is 25.8. The van der Waals surface area contributed by atoms with Gasteiger partial charge in [-0.3, -0.25) is 4.79 Å². The molecule has 0 N–H and O–H groups in total. The number of azo groups is 1. The minimum atomic E-state index is -0.279. The van der Waals surface area contributed by atoms with Crippen LogP contribution in [-0.2, 0) is 17.6 Å². The van der Waals surface area contributed by atoms with E-state index < -0.39 is 0 Å². The number of rotatable bonds is 12. The number of esters is 1. The van der Waals surface area contributed by atoms with Crippen molar-refractivity contribution >= 4 is 82.1 Å². The maximum absolute atomic E-state index is 10.7. The topological polar surface area (TPSA) is 51.0 Å². The van der Waals surface area contributed by atoms with Crippen molar-refractivity contribution in [2.45, 2.75) is 215 Å². The van der Waals surface area contributed by atoms with Crippen molar-refractivity contribution in [2.24, 2.45) is 26.5 Å². The summed E-state index contributed by atoms with van der Waals surface area (Å²) in [5.74, 6) is 0.332. The lowest BCUT2D eigenvalue weighted by Crippen LogP contribution is -2.11. The van der Waals surface area contributed by atoms with Crippen LogP contribution in [0.15, 0.2) is 89.1 Å². The number of benzene rings is 3. The summed E-state index contributed by atoms with van der Waals surface area (Å²) in [4.78, 5) is 10.7. The summed E-state index contributed by atoms with van der Waals surface area (Å²) in [7, 11) is 11.9. The largest absolute Gasteiger partial charge is 0.427 e. The normalized spacial score (nSPS) is 12.8. The standard InChI is InChI=1S/C17H20N2.C13H18O2.C10H22S2.C8H18S2.C7H16S2/c1-17(2,3)13-14-9-11-16(12-10-14)19-18-15-7-5-4-6-8-15;1-10(14)15-12-7-5-11(6-8-12)9-13(2,3)4;1-8(2)11-12-9(3)7-10(4,5)6;1-7(2,3)9-10-8(4,5)6;1-6(2)8-9-7(3,4)5/h4-12H,13H2,1-3H3;5-8H,9H2,1-4H3;8-9H,7H2,1-6H3;1-6H3;6H,1-5H3. The lowest BCUT2D eigenvalue weighted by molar-refractivity contribution is -0.131. The molecule has 0 fully saturated rings. The van der Waals surface area contributed by atoms with Gasteiger partial charge in [0, 0.05) is 36.9 Å². The van der Waals surface area contributed by atoms with Crippen molar-refractivity contribution in [3.63, 3.8) is 0 Å². The van der Waals surface area contributed by atoms with Gasteiger partial charge in [-0.05, 0) is 83.0 Å². The monoisotopic (exact) mass is 1010 g/mol. The Hall–Kier alpha value is -1.17. The quantitative estimate of drug-likeness (QED) is 0.0770. The maximum Gasteiger partial charge on any atom is 0.308 e. The molecular weight excluding hydrogens is 913 g/mol. The molecule has 1 atom stereocenters. The van der Waals surface area contributed by atoms with Gasteiger partial charge in [-0.1, -0.05) is 266 Å². The molecule has 3 rings (SSSR count). The highest BCUT2D eigenvalue weighted by atomic mass is 33.1. The lowest BCUT2D eigenvalue weighted by atomic mass is 9.88. The second-order valence-electron chi connectivity index (χ2n) is 23.5. The average molecular weight is 1010 g/mol. The van der Waals surface area contributed by atoms with Gasteiger partial charge >= 0.3 is 5.97 Å². The van der Waals surface area contributed by atoms with Gasteiger partial charge in [0.2, 0.25) is 0 Å². The summed E-state index contributed by atoms with van der Waals surface area (Å²) in [6.45, 7) is 53.2. The molecule has 3 aromatic carbocycles. The van der Waals surface area contributed by atoms with Crippen LogP contribution < -0.4 is 4.74 Å². The van der Waals surface area contributed by atoms with Crippen molar-refractivity contribution < 1.29 is 9.53 Å². The van der Waals surface area contributed by atoms with Crippen LogP contribution in [0, 0.1) is 16.2 Å². The average Bonchev–Trinajstić information content (AvgIpc) is 3.12. The third-order valence-electron chi connectivity index (χ3n) is 6.97. The molecule has 4 nitrogen and oxygen atoms in total. The molecule has 65 heavy (non-hydrogen) atoms. The van der Waals surface area contributed by atoms with Crippen molar-refractivity contribution in [2.75, 3.05) is 0 Å². The Balaban J connectivity index is 0. The molecule has 0 heterocycles. The van der Waals surface area contributed by atoms with E-state index >= 15 is 0 Å². The zero-order valence-electron chi connectivity index (χ0n) is 45.5. The Morgan fingerprint density at radius 3 is 1.15 bits per heavy atom. The van der Waals surface area contributed by atoms with Gasteiger partial charge in [0.15, 0.2) is 0 Å². The van der Waals surface area contributed by atoms with Crippen LogP contribution in [0.4, 0.5) is 11.4 Å². The van der Waals surface area contributed by atoms with E-state index in [0.717, 1.165) is 40.0 Å². The summed E-state index contributed by atoms with van der Waals surface area (Å²) >= 11 is 0. The van der Waals surface area contributed by atoms with Crippen LogP contribution in [0.2, 0.25) is 0 Å². The molecule has 0 bridgehead atoms. The summed E-state index contributed by atoms with van der Waals surface area (Å²) in [5, 5.41) is 10.7.